The number of aromatic amines is 1. The van der Waals surface area contributed by atoms with Gasteiger partial charge in [-0.25, -0.2) is 0 Å². The third-order valence-electron chi connectivity index (χ3n) is 4.20. The van der Waals surface area contributed by atoms with Crippen LogP contribution in [0.1, 0.15) is 23.0 Å². The van der Waals surface area contributed by atoms with Gasteiger partial charge >= 0.3 is 0 Å². The fourth-order valence-electron chi connectivity index (χ4n) is 2.85. The molecule has 4 rings (SSSR count). The van der Waals surface area contributed by atoms with E-state index in [9.17, 15) is 4.79 Å². The van der Waals surface area contributed by atoms with Crippen LogP contribution in [0, 0.1) is 0 Å². The van der Waals surface area contributed by atoms with Gasteiger partial charge in [-0.2, -0.15) is 5.10 Å². The van der Waals surface area contributed by atoms with Crippen molar-refractivity contribution < 1.29 is 14.3 Å². The molecule has 0 radical (unpaired) electrons. The topological polar surface area (TPSA) is 76.2 Å². The number of nitrogens with zero attached hydrogens (tertiary/aromatic N) is 1. The number of amides is 1. The van der Waals surface area contributed by atoms with Gasteiger partial charge in [-0.05, 0) is 36.8 Å². The van der Waals surface area contributed by atoms with E-state index in [-0.39, 0.29) is 12.7 Å². The summed E-state index contributed by atoms with van der Waals surface area (Å²) in [7, 11) is 0. The minimum atomic E-state index is -0.284. The SMILES string of the molecule is CCc1[nH]nc(-c2ccc3c(c2)OCO3)c1NC(=O)c1ccccc1Cl. The van der Waals surface area contributed by atoms with Gasteiger partial charge < -0.3 is 14.8 Å². The minimum Gasteiger partial charge on any atom is -0.454 e. The van der Waals surface area contributed by atoms with Crippen molar-refractivity contribution in [1.82, 2.24) is 10.2 Å². The Balaban J connectivity index is 1.71. The van der Waals surface area contributed by atoms with E-state index in [0.717, 1.165) is 11.3 Å². The number of benzene rings is 2. The number of hydrogen-bond donors (Lipinski definition) is 2. The molecule has 0 unspecified atom stereocenters. The first-order valence-electron chi connectivity index (χ1n) is 8.20. The third-order valence-corrected chi connectivity index (χ3v) is 4.53. The molecule has 2 aromatic carbocycles. The summed E-state index contributed by atoms with van der Waals surface area (Å²) in [6.07, 6.45) is 0.690. The van der Waals surface area contributed by atoms with E-state index in [4.69, 9.17) is 21.1 Å². The van der Waals surface area contributed by atoms with Gasteiger partial charge in [0.25, 0.3) is 5.91 Å². The summed E-state index contributed by atoms with van der Waals surface area (Å²) in [6, 6.07) is 12.5. The van der Waals surface area contributed by atoms with E-state index in [2.05, 4.69) is 15.5 Å². The number of H-pyrrole nitrogens is 1. The quantitative estimate of drug-likeness (QED) is 0.720. The highest BCUT2D eigenvalue weighted by molar-refractivity contribution is 6.34. The lowest BCUT2D eigenvalue weighted by Gasteiger charge is -2.09. The fraction of sp³-hybridized carbons (Fsp3) is 0.158. The van der Waals surface area contributed by atoms with Crippen LogP contribution in [0.15, 0.2) is 42.5 Å². The number of halogens is 1. The number of fused-ring (bicyclic) bond motifs is 1. The molecule has 0 atom stereocenters. The Labute approximate surface area is 155 Å². The van der Waals surface area contributed by atoms with E-state index in [1.165, 1.54) is 0 Å². The highest BCUT2D eigenvalue weighted by Gasteiger charge is 2.21. The molecule has 0 saturated carbocycles. The van der Waals surface area contributed by atoms with E-state index >= 15 is 0 Å². The fourth-order valence-corrected chi connectivity index (χ4v) is 3.07. The zero-order valence-electron chi connectivity index (χ0n) is 14.0. The number of ether oxygens (including phenoxy) is 2. The maximum absolute atomic E-state index is 12.7. The molecule has 1 amide bonds. The normalized spacial score (nSPS) is 12.2. The van der Waals surface area contributed by atoms with Gasteiger partial charge in [-0.1, -0.05) is 30.7 Å². The van der Waals surface area contributed by atoms with Crippen LogP contribution >= 0.6 is 11.6 Å². The van der Waals surface area contributed by atoms with Gasteiger partial charge in [-0.3, -0.25) is 9.89 Å². The molecule has 6 nitrogen and oxygen atoms in total. The van der Waals surface area contributed by atoms with Crippen molar-refractivity contribution in [2.75, 3.05) is 12.1 Å². The first-order chi connectivity index (χ1) is 12.7. The molecule has 132 valence electrons. The van der Waals surface area contributed by atoms with Gasteiger partial charge in [0.2, 0.25) is 6.79 Å². The van der Waals surface area contributed by atoms with Crippen LogP contribution in [0.4, 0.5) is 5.69 Å². The first-order valence-corrected chi connectivity index (χ1v) is 8.58. The molecule has 2 N–H and O–H groups in total. The van der Waals surface area contributed by atoms with Crippen LogP contribution in [0.2, 0.25) is 5.02 Å². The van der Waals surface area contributed by atoms with Crippen LogP contribution in [0.3, 0.4) is 0 Å². The molecule has 0 aliphatic carbocycles. The predicted octanol–water partition coefficient (Wildman–Crippen LogP) is 4.27. The molecule has 0 bridgehead atoms. The Bertz CT molecular complexity index is 984. The number of hydrogen-bond acceptors (Lipinski definition) is 4. The monoisotopic (exact) mass is 369 g/mol. The number of aromatic nitrogens is 2. The second kappa shape index (κ2) is 6.72. The molecular formula is C19H16ClN3O3. The summed E-state index contributed by atoms with van der Waals surface area (Å²) in [6.45, 7) is 2.19. The van der Waals surface area contributed by atoms with Crippen molar-refractivity contribution in [3.8, 4) is 22.8 Å². The molecule has 1 aromatic heterocycles. The summed E-state index contributed by atoms with van der Waals surface area (Å²) in [5.74, 6) is 1.07. The lowest BCUT2D eigenvalue weighted by Crippen LogP contribution is -2.13. The lowest BCUT2D eigenvalue weighted by molar-refractivity contribution is 0.102. The zero-order chi connectivity index (χ0) is 18.1. The molecule has 0 saturated heterocycles. The molecule has 26 heavy (non-hydrogen) atoms. The van der Waals surface area contributed by atoms with Crippen molar-refractivity contribution in [2.45, 2.75) is 13.3 Å². The highest BCUT2D eigenvalue weighted by atomic mass is 35.5. The highest BCUT2D eigenvalue weighted by Crippen LogP contribution is 2.38. The van der Waals surface area contributed by atoms with Crippen molar-refractivity contribution in [2.24, 2.45) is 0 Å². The zero-order valence-corrected chi connectivity index (χ0v) is 14.8. The van der Waals surface area contributed by atoms with Crippen LogP contribution < -0.4 is 14.8 Å². The Kier molecular flexibility index (Phi) is 4.26. The number of anilines is 1. The smallest absolute Gasteiger partial charge is 0.257 e. The second-order valence-corrected chi connectivity index (χ2v) is 6.19. The van der Waals surface area contributed by atoms with E-state index < -0.39 is 0 Å². The molecule has 0 spiro atoms. The minimum absolute atomic E-state index is 0.204. The molecular weight excluding hydrogens is 354 g/mol. The number of aryl methyl sites for hydroxylation is 1. The van der Waals surface area contributed by atoms with Crippen LogP contribution in [0.5, 0.6) is 11.5 Å². The van der Waals surface area contributed by atoms with Crippen LogP contribution in [-0.4, -0.2) is 22.9 Å². The molecule has 0 fully saturated rings. The molecule has 1 aliphatic rings. The first kappa shape index (κ1) is 16.5. The second-order valence-electron chi connectivity index (χ2n) is 5.78. The lowest BCUT2D eigenvalue weighted by atomic mass is 10.1. The standard InChI is InChI=1S/C19H16ClN3O3/c1-2-14-18(21-19(24)12-5-3-4-6-13(12)20)17(23-22-14)11-7-8-15-16(9-11)26-10-25-15/h3-9H,2,10H2,1H3,(H,21,24)(H,22,23). The Morgan fingerprint density at radius 1 is 1.23 bits per heavy atom. The van der Waals surface area contributed by atoms with E-state index in [1.54, 1.807) is 24.3 Å². The van der Waals surface area contributed by atoms with Gasteiger partial charge in [0.05, 0.1) is 22.0 Å². The van der Waals surface area contributed by atoms with Gasteiger partial charge in [0.1, 0.15) is 5.69 Å². The number of rotatable bonds is 4. The number of nitrogens with one attached hydrogen (secondary N) is 2. The number of carbonyl (C=O) groups is 1. The molecule has 2 heterocycles. The van der Waals surface area contributed by atoms with Gasteiger partial charge in [0, 0.05) is 5.56 Å². The maximum atomic E-state index is 12.7. The van der Waals surface area contributed by atoms with E-state index in [0.29, 0.717) is 39.9 Å². The van der Waals surface area contributed by atoms with Crippen LogP contribution in [0.25, 0.3) is 11.3 Å². The molecule has 7 heteroatoms. The summed E-state index contributed by atoms with van der Waals surface area (Å²) in [5, 5.41) is 10.7. The van der Waals surface area contributed by atoms with Gasteiger partial charge in [-0.15, -0.1) is 0 Å². The summed E-state index contributed by atoms with van der Waals surface area (Å²) in [5.41, 5.74) is 3.34. The number of carbonyl (C=O) groups excluding carboxylic acids is 1. The maximum Gasteiger partial charge on any atom is 0.257 e. The largest absolute Gasteiger partial charge is 0.454 e. The Morgan fingerprint density at radius 2 is 2.04 bits per heavy atom. The van der Waals surface area contributed by atoms with Gasteiger partial charge in [0.15, 0.2) is 11.5 Å². The van der Waals surface area contributed by atoms with Crippen molar-refractivity contribution in [1.29, 1.82) is 0 Å². The van der Waals surface area contributed by atoms with E-state index in [1.807, 2.05) is 25.1 Å². The molecule has 3 aromatic rings. The average molecular weight is 370 g/mol. The predicted molar refractivity (Wildman–Crippen MR) is 98.9 cm³/mol. The average Bonchev–Trinajstić information content (AvgIpc) is 3.27. The third kappa shape index (κ3) is 2.88. The molecule has 1 aliphatic heterocycles. The summed E-state index contributed by atoms with van der Waals surface area (Å²) in [4.78, 5) is 12.7. The van der Waals surface area contributed by atoms with Crippen LogP contribution in [-0.2, 0) is 6.42 Å². The Hall–Kier alpha value is -2.99. The van der Waals surface area contributed by atoms with Crippen molar-refractivity contribution in [3.05, 3.63) is 58.7 Å². The summed E-state index contributed by atoms with van der Waals surface area (Å²) < 4.78 is 10.8. The van der Waals surface area contributed by atoms with Crippen molar-refractivity contribution >= 4 is 23.2 Å². The Morgan fingerprint density at radius 3 is 2.85 bits per heavy atom. The summed E-state index contributed by atoms with van der Waals surface area (Å²) >= 11 is 6.14. The van der Waals surface area contributed by atoms with Crippen molar-refractivity contribution in [3.63, 3.8) is 0 Å².